The molecule has 6 heteroatoms. The molecule has 0 unspecified atom stereocenters. The molecule has 0 radical (unpaired) electrons. The van der Waals surface area contributed by atoms with Gasteiger partial charge in [-0.3, -0.25) is 0 Å². The summed E-state index contributed by atoms with van der Waals surface area (Å²) in [6.45, 7) is 2.43. The number of nitrogens with zero attached hydrogens (tertiary/aromatic N) is 3. The highest BCUT2D eigenvalue weighted by Crippen LogP contribution is 2.35. The fourth-order valence-electron chi connectivity index (χ4n) is 5.18. The molecule has 0 amide bonds. The normalized spacial score (nSPS) is 19.7. The van der Waals surface area contributed by atoms with Gasteiger partial charge in [-0.2, -0.15) is 5.10 Å². The molecule has 156 valence electrons. The Morgan fingerprint density at radius 3 is 2.60 bits per heavy atom. The molecule has 1 aromatic heterocycles. The molecule has 0 bridgehead atoms. The maximum absolute atomic E-state index is 5.89. The zero-order valence-electron chi connectivity index (χ0n) is 17.3. The number of likely N-dealkylation sites (tertiary alicyclic amines) is 1. The second-order valence-electron chi connectivity index (χ2n) is 8.63. The Labute approximate surface area is 176 Å². The number of rotatable bonds is 4. The molecule has 1 saturated carbocycles. The standard InChI is InChI=1S/C24H29N5O/c25-24(27-26)19-8-9-22-21(15-19)23(30-28-22)18-5-3-4-17(14-18)16-10-12-29(13-11-16)20-6-1-2-7-20/h3-5,8-9,14-16,20H,1-2,6-7,10-13,26H2,(H2,25,27). The molecule has 0 spiro atoms. The molecule has 1 saturated heterocycles. The van der Waals surface area contributed by atoms with E-state index >= 15 is 0 Å². The minimum absolute atomic E-state index is 0.298. The third-order valence-electron chi connectivity index (χ3n) is 6.90. The van der Waals surface area contributed by atoms with Gasteiger partial charge >= 0.3 is 0 Å². The van der Waals surface area contributed by atoms with Crippen molar-refractivity contribution in [3.8, 4) is 11.3 Å². The number of hydrogen-bond donors (Lipinski definition) is 2. The van der Waals surface area contributed by atoms with E-state index in [1.54, 1.807) is 0 Å². The lowest BCUT2D eigenvalue weighted by atomic mass is 9.87. The number of benzene rings is 2. The van der Waals surface area contributed by atoms with Crippen LogP contribution < -0.4 is 11.6 Å². The predicted octanol–water partition coefficient (Wildman–Crippen LogP) is 4.20. The van der Waals surface area contributed by atoms with Gasteiger partial charge in [0.05, 0.1) is 5.39 Å². The number of hydrogen-bond acceptors (Lipinski definition) is 5. The Bertz CT molecular complexity index is 1060. The topological polar surface area (TPSA) is 93.7 Å². The van der Waals surface area contributed by atoms with Crippen LogP contribution in [0.2, 0.25) is 0 Å². The summed E-state index contributed by atoms with van der Waals surface area (Å²) in [5.74, 6) is 7.01. The van der Waals surface area contributed by atoms with Crippen LogP contribution in [0, 0.1) is 0 Å². The van der Waals surface area contributed by atoms with Gasteiger partial charge in [-0.05, 0) is 74.5 Å². The van der Waals surface area contributed by atoms with E-state index in [1.165, 1.54) is 57.2 Å². The van der Waals surface area contributed by atoms with Crippen molar-refractivity contribution in [2.45, 2.75) is 50.5 Å². The second-order valence-corrected chi connectivity index (χ2v) is 8.63. The zero-order valence-corrected chi connectivity index (χ0v) is 17.3. The van der Waals surface area contributed by atoms with Crippen molar-refractivity contribution in [3.05, 3.63) is 53.6 Å². The summed E-state index contributed by atoms with van der Waals surface area (Å²) in [7, 11) is 0. The van der Waals surface area contributed by atoms with Crippen molar-refractivity contribution >= 4 is 16.7 Å². The van der Waals surface area contributed by atoms with Crippen molar-refractivity contribution < 1.29 is 4.52 Å². The average Bonchev–Trinajstić information content (AvgIpc) is 3.48. The van der Waals surface area contributed by atoms with Gasteiger partial charge in [-0.15, -0.1) is 0 Å². The van der Waals surface area contributed by atoms with Crippen LogP contribution in [0.4, 0.5) is 0 Å². The second kappa shape index (κ2) is 8.11. The first-order chi connectivity index (χ1) is 14.7. The lowest BCUT2D eigenvalue weighted by Crippen LogP contribution is -2.39. The maximum Gasteiger partial charge on any atom is 0.174 e. The predicted molar refractivity (Wildman–Crippen MR) is 120 cm³/mol. The first kappa shape index (κ1) is 19.1. The number of piperidine rings is 1. The summed E-state index contributed by atoms with van der Waals surface area (Å²) < 4.78 is 5.73. The third kappa shape index (κ3) is 3.56. The van der Waals surface area contributed by atoms with Crippen LogP contribution >= 0.6 is 0 Å². The third-order valence-corrected chi connectivity index (χ3v) is 6.90. The molecule has 2 fully saturated rings. The van der Waals surface area contributed by atoms with Gasteiger partial charge in [0.15, 0.2) is 5.76 Å². The molecule has 0 atom stereocenters. The first-order valence-electron chi connectivity index (χ1n) is 11.0. The van der Waals surface area contributed by atoms with Crippen LogP contribution in [0.15, 0.2) is 52.1 Å². The van der Waals surface area contributed by atoms with E-state index in [0.29, 0.717) is 11.8 Å². The molecule has 2 aliphatic rings. The largest absolute Gasteiger partial charge is 0.382 e. The quantitative estimate of drug-likeness (QED) is 0.295. The molecule has 1 aliphatic heterocycles. The number of hydrazone groups is 1. The number of aromatic nitrogens is 1. The number of nitrogens with two attached hydrogens (primary N) is 2. The molecule has 5 rings (SSSR count). The van der Waals surface area contributed by atoms with E-state index in [9.17, 15) is 0 Å². The summed E-state index contributed by atoms with van der Waals surface area (Å²) >= 11 is 0. The highest BCUT2D eigenvalue weighted by molar-refractivity contribution is 6.02. The van der Waals surface area contributed by atoms with E-state index in [4.69, 9.17) is 16.1 Å². The average molecular weight is 404 g/mol. The van der Waals surface area contributed by atoms with E-state index in [-0.39, 0.29) is 0 Å². The zero-order chi connectivity index (χ0) is 20.5. The summed E-state index contributed by atoms with van der Waals surface area (Å²) in [5.41, 5.74) is 9.90. The summed E-state index contributed by atoms with van der Waals surface area (Å²) in [5, 5.41) is 8.75. The highest BCUT2D eigenvalue weighted by atomic mass is 16.5. The summed E-state index contributed by atoms with van der Waals surface area (Å²) in [6.07, 6.45) is 8.04. The van der Waals surface area contributed by atoms with Crippen LogP contribution in [-0.4, -0.2) is 35.0 Å². The van der Waals surface area contributed by atoms with Gasteiger partial charge in [0.2, 0.25) is 0 Å². The van der Waals surface area contributed by atoms with Crippen molar-refractivity contribution in [1.82, 2.24) is 10.1 Å². The van der Waals surface area contributed by atoms with Gasteiger partial charge < -0.3 is 21.0 Å². The molecular weight excluding hydrogens is 374 g/mol. The first-order valence-corrected chi connectivity index (χ1v) is 11.0. The Kier molecular flexibility index (Phi) is 5.17. The molecular formula is C24H29N5O. The smallest absolute Gasteiger partial charge is 0.174 e. The van der Waals surface area contributed by atoms with Crippen LogP contribution in [-0.2, 0) is 0 Å². The fraction of sp³-hybridized carbons (Fsp3) is 0.417. The Hall–Kier alpha value is -2.86. The number of amidine groups is 1. The van der Waals surface area contributed by atoms with Crippen LogP contribution in [0.5, 0.6) is 0 Å². The Balaban J connectivity index is 1.39. The van der Waals surface area contributed by atoms with E-state index in [2.05, 4.69) is 39.4 Å². The molecule has 1 aliphatic carbocycles. The maximum atomic E-state index is 5.89. The molecule has 2 heterocycles. The minimum Gasteiger partial charge on any atom is -0.382 e. The lowest BCUT2D eigenvalue weighted by Gasteiger charge is -2.36. The molecule has 2 aromatic carbocycles. The van der Waals surface area contributed by atoms with Gasteiger partial charge in [0.25, 0.3) is 0 Å². The molecule has 4 N–H and O–H groups in total. The summed E-state index contributed by atoms with van der Waals surface area (Å²) in [4.78, 5) is 2.72. The van der Waals surface area contributed by atoms with Crippen LogP contribution in [0.25, 0.3) is 22.2 Å². The monoisotopic (exact) mass is 403 g/mol. The van der Waals surface area contributed by atoms with Crippen molar-refractivity contribution in [2.75, 3.05) is 13.1 Å². The highest BCUT2D eigenvalue weighted by Gasteiger charge is 2.28. The van der Waals surface area contributed by atoms with E-state index in [1.807, 2.05) is 18.2 Å². The minimum atomic E-state index is 0.298. The Morgan fingerprint density at radius 1 is 1.03 bits per heavy atom. The SMILES string of the molecule is N/N=C(\N)c1ccc2noc(-c3cccc(C4CCN(C5CCCC5)CC4)c3)c2c1. The van der Waals surface area contributed by atoms with Gasteiger partial charge in [-0.1, -0.05) is 36.2 Å². The van der Waals surface area contributed by atoms with Gasteiger partial charge in [0.1, 0.15) is 11.4 Å². The van der Waals surface area contributed by atoms with E-state index in [0.717, 1.165) is 33.8 Å². The van der Waals surface area contributed by atoms with Crippen LogP contribution in [0.3, 0.4) is 0 Å². The summed E-state index contributed by atoms with van der Waals surface area (Å²) in [6, 6.07) is 15.3. The van der Waals surface area contributed by atoms with Gasteiger partial charge in [0, 0.05) is 17.2 Å². The fourth-order valence-corrected chi connectivity index (χ4v) is 5.18. The van der Waals surface area contributed by atoms with Crippen LogP contribution in [0.1, 0.15) is 55.6 Å². The molecule has 3 aromatic rings. The van der Waals surface area contributed by atoms with E-state index < -0.39 is 0 Å². The lowest BCUT2D eigenvalue weighted by molar-refractivity contribution is 0.154. The van der Waals surface area contributed by atoms with Crippen molar-refractivity contribution in [2.24, 2.45) is 16.7 Å². The molecule has 6 nitrogen and oxygen atoms in total. The van der Waals surface area contributed by atoms with Crippen molar-refractivity contribution in [1.29, 1.82) is 0 Å². The van der Waals surface area contributed by atoms with Gasteiger partial charge in [-0.25, -0.2) is 0 Å². The number of fused-ring (bicyclic) bond motifs is 1. The molecule has 30 heavy (non-hydrogen) atoms. The van der Waals surface area contributed by atoms with Crippen molar-refractivity contribution in [3.63, 3.8) is 0 Å². The Morgan fingerprint density at radius 2 is 1.83 bits per heavy atom.